The molecule has 5 heteroatoms. The molecule has 0 aliphatic heterocycles. The van der Waals surface area contributed by atoms with E-state index in [2.05, 4.69) is 0 Å². The zero-order valence-corrected chi connectivity index (χ0v) is 11.1. The molecule has 104 valence electrons. The number of hydrogen-bond donors (Lipinski definition) is 0. The van der Waals surface area contributed by atoms with Gasteiger partial charge in [-0.25, -0.2) is 4.39 Å². The van der Waals surface area contributed by atoms with Crippen molar-refractivity contribution in [3.63, 3.8) is 0 Å². The van der Waals surface area contributed by atoms with Crippen LogP contribution in [0, 0.1) is 5.82 Å². The van der Waals surface area contributed by atoms with Gasteiger partial charge in [0.1, 0.15) is 28.8 Å². The molecular formula is C15H13FO4. The molecule has 0 amide bonds. The van der Waals surface area contributed by atoms with Gasteiger partial charge < -0.3 is 14.2 Å². The van der Waals surface area contributed by atoms with Gasteiger partial charge in [-0.2, -0.15) is 0 Å². The molecule has 0 bridgehead atoms. The number of rotatable bonds is 5. The largest absolute Gasteiger partial charge is 0.496 e. The van der Waals surface area contributed by atoms with Crippen molar-refractivity contribution in [2.24, 2.45) is 0 Å². The van der Waals surface area contributed by atoms with Crippen molar-refractivity contribution in [3.05, 3.63) is 47.8 Å². The quantitative estimate of drug-likeness (QED) is 0.785. The lowest BCUT2D eigenvalue weighted by Gasteiger charge is -2.11. The first-order valence-electron chi connectivity index (χ1n) is 5.82. The number of carbonyl (C=O) groups excluding carboxylic acids is 1. The fourth-order valence-electron chi connectivity index (χ4n) is 1.67. The van der Waals surface area contributed by atoms with Gasteiger partial charge in [-0.1, -0.05) is 0 Å². The van der Waals surface area contributed by atoms with Gasteiger partial charge in [0.15, 0.2) is 6.29 Å². The minimum absolute atomic E-state index is 0.131. The molecule has 0 radical (unpaired) electrons. The molecule has 2 aromatic carbocycles. The van der Waals surface area contributed by atoms with Crippen molar-refractivity contribution < 1.29 is 23.4 Å². The monoisotopic (exact) mass is 276 g/mol. The predicted molar refractivity (Wildman–Crippen MR) is 71.4 cm³/mol. The highest BCUT2D eigenvalue weighted by molar-refractivity contribution is 5.79. The number of ether oxygens (including phenoxy) is 3. The van der Waals surface area contributed by atoms with Gasteiger partial charge in [-0.05, 0) is 18.2 Å². The summed E-state index contributed by atoms with van der Waals surface area (Å²) in [4.78, 5) is 10.9. The van der Waals surface area contributed by atoms with E-state index in [1.165, 1.54) is 26.4 Å². The van der Waals surface area contributed by atoms with E-state index in [1.54, 1.807) is 18.2 Å². The first-order valence-corrected chi connectivity index (χ1v) is 5.82. The molecule has 0 N–H and O–H groups in total. The van der Waals surface area contributed by atoms with E-state index < -0.39 is 5.82 Å². The zero-order chi connectivity index (χ0) is 14.5. The Labute approximate surface area is 115 Å². The molecule has 4 nitrogen and oxygen atoms in total. The molecule has 0 atom stereocenters. The van der Waals surface area contributed by atoms with Crippen molar-refractivity contribution in [2.45, 2.75) is 0 Å². The molecule has 0 saturated heterocycles. The van der Waals surface area contributed by atoms with Crippen molar-refractivity contribution in [2.75, 3.05) is 14.2 Å². The third kappa shape index (κ3) is 3.06. The summed E-state index contributed by atoms with van der Waals surface area (Å²) >= 11 is 0. The summed E-state index contributed by atoms with van der Waals surface area (Å²) in [6, 6.07) is 8.70. The summed E-state index contributed by atoms with van der Waals surface area (Å²) < 4.78 is 28.9. The molecular weight excluding hydrogens is 263 g/mol. The minimum atomic E-state index is -0.498. The summed E-state index contributed by atoms with van der Waals surface area (Å²) in [6.45, 7) is 0. The van der Waals surface area contributed by atoms with Crippen LogP contribution in [0.4, 0.5) is 4.39 Å². The Hall–Kier alpha value is -2.56. The Balaban J connectivity index is 2.36. The molecule has 0 aliphatic rings. The van der Waals surface area contributed by atoms with Crippen LogP contribution in [0.3, 0.4) is 0 Å². The second-order valence-corrected chi connectivity index (χ2v) is 3.95. The average molecular weight is 276 g/mol. The summed E-state index contributed by atoms with van der Waals surface area (Å²) in [6.07, 6.45) is 0.538. The highest BCUT2D eigenvalue weighted by Gasteiger charge is 2.08. The topological polar surface area (TPSA) is 44.8 Å². The van der Waals surface area contributed by atoms with Crippen LogP contribution in [-0.2, 0) is 0 Å². The second-order valence-electron chi connectivity index (χ2n) is 3.95. The molecule has 2 aromatic rings. The SMILES string of the molecule is COc1cc(OC)cc(Oc2ccc(F)cc2C=O)c1. The Morgan fingerprint density at radius 2 is 1.55 bits per heavy atom. The number of methoxy groups -OCH3 is 2. The van der Waals surface area contributed by atoms with E-state index in [0.717, 1.165) is 6.07 Å². The maximum atomic E-state index is 13.1. The van der Waals surface area contributed by atoms with E-state index in [1.807, 2.05) is 0 Å². The van der Waals surface area contributed by atoms with Gasteiger partial charge in [-0.3, -0.25) is 4.79 Å². The number of carbonyl (C=O) groups is 1. The number of aldehydes is 1. The van der Waals surface area contributed by atoms with Crippen LogP contribution in [0.1, 0.15) is 10.4 Å². The Morgan fingerprint density at radius 3 is 2.10 bits per heavy atom. The van der Waals surface area contributed by atoms with Gasteiger partial charge in [0.2, 0.25) is 0 Å². The third-order valence-corrected chi connectivity index (χ3v) is 2.65. The fraction of sp³-hybridized carbons (Fsp3) is 0.133. The summed E-state index contributed by atoms with van der Waals surface area (Å²) in [7, 11) is 3.04. The normalized spacial score (nSPS) is 9.95. The van der Waals surface area contributed by atoms with Crippen LogP contribution in [-0.4, -0.2) is 20.5 Å². The third-order valence-electron chi connectivity index (χ3n) is 2.65. The Morgan fingerprint density at radius 1 is 0.950 bits per heavy atom. The Bertz CT molecular complexity index is 603. The molecule has 0 saturated carbocycles. The molecule has 0 aromatic heterocycles. The zero-order valence-electron chi connectivity index (χ0n) is 11.1. The van der Waals surface area contributed by atoms with Crippen molar-refractivity contribution >= 4 is 6.29 Å². The van der Waals surface area contributed by atoms with Crippen LogP contribution >= 0.6 is 0 Å². The van der Waals surface area contributed by atoms with Gasteiger partial charge in [0, 0.05) is 18.2 Å². The highest BCUT2D eigenvalue weighted by Crippen LogP contribution is 2.32. The minimum Gasteiger partial charge on any atom is -0.496 e. The number of halogens is 1. The van der Waals surface area contributed by atoms with Crippen LogP contribution in [0.25, 0.3) is 0 Å². The molecule has 0 aliphatic carbocycles. The maximum Gasteiger partial charge on any atom is 0.153 e. The van der Waals surface area contributed by atoms with E-state index in [9.17, 15) is 9.18 Å². The molecule has 0 unspecified atom stereocenters. The molecule has 20 heavy (non-hydrogen) atoms. The Kier molecular flexibility index (Phi) is 4.20. The van der Waals surface area contributed by atoms with Gasteiger partial charge in [-0.15, -0.1) is 0 Å². The van der Waals surface area contributed by atoms with E-state index >= 15 is 0 Å². The van der Waals surface area contributed by atoms with Crippen molar-refractivity contribution in [1.82, 2.24) is 0 Å². The lowest BCUT2D eigenvalue weighted by atomic mass is 10.2. The second kappa shape index (κ2) is 6.06. The lowest BCUT2D eigenvalue weighted by molar-refractivity contribution is 0.112. The van der Waals surface area contributed by atoms with Crippen molar-refractivity contribution in [3.8, 4) is 23.0 Å². The van der Waals surface area contributed by atoms with Crippen molar-refractivity contribution in [1.29, 1.82) is 0 Å². The predicted octanol–water partition coefficient (Wildman–Crippen LogP) is 3.45. The molecule has 0 fully saturated rings. The van der Waals surface area contributed by atoms with Gasteiger partial charge >= 0.3 is 0 Å². The van der Waals surface area contributed by atoms with Crippen LogP contribution in [0.5, 0.6) is 23.0 Å². The van der Waals surface area contributed by atoms with Crippen LogP contribution in [0.2, 0.25) is 0 Å². The molecule has 0 heterocycles. The van der Waals surface area contributed by atoms with E-state index in [4.69, 9.17) is 14.2 Å². The highest BCUT2D eigenvalue weighted by atomic mass is 19.1. The first-order chi connectivity index (χ1) is 9.66. The van der Waals surface area contributed by atoms with Gasteiger partial charge in [0.25, 0.3) is 0 Å². The van der Waals surface area contributed by atoms with Gasteiger partial charge in [0.05, 0.1) is 19.8 Å². The summed E-state index contributed by atoms with van der Waals surface area (Å²) in [5.41, 5.74) is 0.131. The average Bonchev–Trinajstić information content (AvgIpc) is 2.48. The molecule has 2 rings (SSSR count). The first kappa shape index (κ1) is 13.9. The number of benzene rings is 2. The fourth-order valence-corrected chi connectivity index (χ4v) is 1.67. The number of hydrogen-bond acceptors (Lipinski definition) is 4. The summed E-state index contributed by atoms with van der Waals surface area (Å²) in [5, 5.41) is 0. The van der Waals surface area contributed by atoms with E-state index in [0.29, 0.717) is 23.5 Å². The standard InChI is InChI=1S/C15H13FO4/c1-18-12-6-13(19-2)8-14(7-12)20-15-4-3-11(16)5-10(15)9-17/h3-9H,1-2H3. The summed E-state index contributed by atoms with van der Waals surface area (Å²) in [5.74, 6) is 1.29. The maximum absolute atomic E-state index is 13.1. The van der Waals surface area contributed by atoms with E-state index in [-0.39, 0.29) is 11.3 Å². The lowest BCUT2D eigenvalue weighted by Crippen LogP contribution is -1.93. The van der Waals surface area contributed by atoms with Crippen LogP contribution in [0.15, 0.2) is 36.4 Å². The smallest absolute Gasteiger partial charge is 0.153 e. The van der Waals surface area contributed by atoms with Crippen LogP contribution < -0.4 is 14.2 Å². The molecule has 0 spiro atoms.